The molecule has 1 N–H and O–H groups in total. The second-order valence-corrected chi connectivity index (χ2v) is 8.24. The Morgan fingerprint density at radius 2 is 1.94 bits per heavy atom. The highest BCUT2D eigenvalue weighted by molar-refractivity contribution is 7.13. The van der Waals surface area contributed by atoms with Crippen LogP contribution in [0.15, 0.2) is 34.2 Å². The number of amides is 1. The van der Waals surface area contributed by atoms with Gasteiger partial charge in [0.25, 0.3) is 5.89 Å². The van der Waals surface area contributed by atoms with Gasteiger partial charge in [0.1, 0.15) is 0 Å². The predicted molar refractivity (Wildman–Crippen MR) is 117 cm³/mol. The van der Waals surface area contributed by atoms with Gasteiger partial charge in [-0.05, 0) is 24.3 Å². The number of anilines is 1. The lowest BCUT2D eigenvalue weighted by Gasteiger charge is -2.16. The van der Waals surface area contributed by atoms with Crippen LogP contribution in [0.5, 0.6) is 11.5 Å². The summed E-state index contributed by atoms with van der Waals surface area (Å²) in [6.45, 7) is -0.207. The number of rotatable bonds is 8. The van der Waals surface area contributed by atoms with E-state index < -0.39 is 5.97 Å². The number of nitrogens with one attached hydrogen (secondary N) is 1. The number of ether oxygens (including phenoxy) is 3. The Morgan fingerprint density at radius 1 is 1.19 bits per heavy atom. The van der Waals surface area contributed by atoms with Crippen LogP contribution in [-0.4, -0.2) is 36.2 Å². The zero-order chi connectivity index (χ0) is 22.5. The number of hydrogen-bond acceptors (Lipinski definition) is 9. The lowest BCUT2D eigenvalue weighted by atomic mass is 10.1. The fourth-order valence-electron chi connectivity index (χ4n) is 3.60. The minimum Gasteiger partial charge on any atom is -0.493 e. The van der Waals surface area contributed by atoms with Crippen molar-refractivity contribution in [1.29, 1.82) is 0 Å². The number of thiophene rings is 1. The van der Waals surface area contributed by atoms with Crippen molar-refractivity contribution in [2.24, 2.45) is 5.92 Å². The van der Waals surface area contributed by atoms with Gasteiger partial charge >= 0.3 is 5.97 Å². The number of esters is 1. The van der Waals surface area contributed by atoms with Crippen LogP contribution in [0, 0.1) is 5.92 Å². The van der Waals surface area contributed by atoms with Gasteiger partial charge < -0.3 is 24.1 Å². The Kier molecular flexibility index (Phi) is 6.69. The first-order valence-electron chi connectivity index (χ1n) is 10.2. The average Bonchev–Trinajstić information content (AvgIpc) is 3.58. The highest BCUT2D eigenvalue weighted by Gasteiger charge is 2.26. The smallest absolute Gasteiger partial charge is 0.340 e. The second kappa shape index (κ2) is 9.82. The molecule has 0 atom stereocenters. The molecule has 0 unspecified atom stereocenters. The van der Waals surface area contributed by atoms with Crippen molar-refractivity contribution in [3.63, 3.8) is 0 Å². The maximum absolute atomic E-state index is 12.9. The van der Waals surface area contributed by atoms with Crippen molar-refractivity contribution in [3.8, 4) is 22.2 Å². The predicted octanol–water partition coefficient (Wildman–Crippen LogP) is 4.30. The molecule has 0 saturated heterocycles. The maximum atomic E-state index is 12.9. The molecular weight excluding hydrogens is 434 g/mol. The van der Waals surface area contributed by atoms with Crippen LogP contribution in [0.2, 0.25) is 0 Å². The van der Waals surface area contributed by atoms with Crippen molar-refractivity contribution in [2.45, 2.75) is 32.3 Å². The fraction of sp³-hybridized carbons (Fsp3) is 0.364. The van der Waals surface area contributed by atoms with E-state index in [0.717, 1.165) is 30.6 Å². The van der Waals surface area contributed by atoms with Gasteiger partial charge in [-0.3, -0.25) is 4.79 Å². The van der Waals surface area contributed by atoms with Crippen molar-refractivity contribution in [2.75, 3.05) is 19.5 Å². The number of hydrogen-bond donors (Lipinski definition) is 1. The first kappa shape index (κ1) is 21.8. The van der Waals surface area contributed by atoms with Gasteiger partial charge in [0.05, 0.1) is 30.3 Å². The number of benzene rings is 1. The van der Waals surface area contributed by atoms with Crippen LogP contribution >= 0.6 is 11.3 Å². The van der Waals surface area contributed by atoms with Gasteiger partial charge in [-0.25, -0.2) is 4.79 Å². The van der Waals surface area contributed by atoms with Crippen molar-refractivity contribution < 1.29 is 28.3 Å². The van der Waals surface area contributed by atoms with Crippen LogP contribution in [0.25, 0.3) is 10.7 Å². The van der Waals surface area contributed by atoms with E-state index in [1.807, 2.05) is 17.5 Å². The van der Waals surface area contributed by atoms with Gasteiger partial charge in [0, 0.05) is 18.1 Å². The van der Waals surface area contributed by atoms with Crippen molar-refractivity contribution in [3.05, 3.63) is 41.1 Å². The third-order valence-corrected chi connectivity index (χ3v) is 6.13. The van der Waals surface area contributed by atoms with Crippen LogP contribution in [0.3, 0.4) is 0 Å². The van der Waals surface area contributed by atoms with E-state index in [1.165, 1.54) is 31.6 Å². The largest absolute Gasteiger partial charge is 0.493 e. The number of methoxy groups -OCH3 is 2. The molecule has 3 aromatic rings. The van der Waals surface area contributed by atoms with E-state index >= 15 is 0 Å². The van der Waals surface area contributed by atoms with Gasteiger partial charge in [0.2, 0.25) is 11.7 Å². The van der Waals surface area contributed by atoms with E-state index in [4.69, 9.17) is 18.7 Å². The van der Waals surface area contributed by atoms with Gasteiger partial charge in [-0.1, -0.05) is 24.1 Å². The third kappa shape index (κ3) is 4.75. The Balaban J connectivity index is 1.52. The monoisotopic (exact) mass is 457 g/mol. The van der Waals surface area contributed by atoms with Crippen LogP contribution in [0.1, 0.15) is 41.9 Å². The fourth-order valence-corrected chi connectivity index (χ4v) is 4.25. The molecule has 0 spiro atoms. The topological polar surface area (TPSA) is 113 Å². The van der Waals surface area contributed by atoms with E-state index in [2.05, 4.69) is 15.5 Å². The average molecular weight is 458 g/mol. The van der Waals surface area contributed by atoms with Gasteiger partial charge in [0.15, 0.2) is 18.1 Å². The summed E-state index contributed by atoms with van der Waals surface area (Å²) in [6, 6.07) is 6.79. The molecule has 4 rings (SSSR count). The summed E-state index contributed by atoms with van der Waals surface area (Å²) in [5, 5.41) is 8.66. The molecule has 2 heterocycles. The number of nitrogens with zero attached hydrogens (tertiary/aromatic N) is 2. The summed E-state index contributed by atoms with van der Waals surface area (Å²) in [7, 11) is 2.95. The summed E-state index contributed by atoms with van der Waals surface area (Å²) >= 11 is 1.48. The molecule has 1 fully saturated rings. The number of carbonyl (C=O) groups is 2. The third-order valence-electron chi connectivity index (χ3n) is 5.26. The van der Waals surface area contributed by atoms with Gasteiger partial charge in [-0.2, -0.15) is 4.98 Å². The molecule has 9 nitrogen and oxygen atoms in total. The maximum Gasteiger partial charge on any atom is 0.340 e. The first-order chi connectivity index (χ1) is 15.6. The van der Waals surface area contributed by atoms with Crippen molar-refractivity contribution in [1.82, 2.24) is 10.1 Å². The summed E-state index contributed by atoms with van der Waals surface area (Å²) in [5.41, 5.74) is 0.446. The molecule has 2 aromatic heterocycles. The van der Waals surface area contributed by atoms with Crippen LogP contribution in [0.4, 0.5) is 5.69 Å². The Labute approximate surface area is 188 Å². The molecule has 1 amide bonds. The minimum absolute atomic E-state index is 0.0685. The zero-order valence-corrected chi connectivity index (χ0v) is 18.6. The summed E-state index contributed by atoms with van der Waals surface area (Å²) in [5.74, 6) is 0.477. The zero-order valence-electron chi connectivity index (χ0n) is 17.8. The number of aromatic nitrogens is 2. The molecule has 1 aliphatic carbocycles. The molecule has 1 aliphatic rings. The SMILES string of the molecule is COc1cc(NC(=O)C2CCCC2)c(C(=O)OCc2nc(-c3cccs3)no2)cc1OC. The molecule has 0 bridgehead atoms. The quantitative estimate of drug-likeness (QED) is 0.498. The van der Waals surface area contributed by atoms with Crippen molar-refractivity contribution >= 4 is 28.9 Å². The van der Waals surface area contributed by atoms with E-state index in [0.29, 0.717) is 23.0 Å². The normalized spacial score (nSPS) is 13.7. The molecule has 168 valence electrons. The Morgan fingerprint density at radius 3 is 2.62 bits per heavy atom. The molecule has 1 saturated carbocycles. The molecule has 0 radical (unpaired) electrons. The summed E-state index contributed by atoms with van der Waals surface area (Å²) in [4.78, 5) is 30.7. The molecular formula is C22H23N3O6S. The molecule has 0 aliphatic heterocycles. The lowest BCUT2D eigenvalue weighted by molar-refractivity contribution is -0.119. The molecule has 32 heavy (non-hydrogen) atoms. The molecule has 1 aromatic carbocycles. The van der Waals surface area contributed by atoms with E-state index in [9.17, 15) is 9.59 Å². The van der Waals surface area contributed by atoms with E-state index in [-0.39, 0.29) is 29.9 Å². The minimum atomic E-state index is -0.663. The van der Waals surface area contributed by atoms with Crippen LogP contribution in [-0.2, 0) is 16.1 Å². The van der Waals surface area contributed by atoms with Crippen LogP contribution < -0.4 is 14.8 Å². The summed E-state index contributed by atoms with van der Waals surface area (Å²) < 4.78 is 21.2. The first-order valence-corrected chi connectivity index (χ1v) is 11.1. The Bertz CT molecular complexity index is 1090. The number of carbonyl (C=O) groups excluding carboxylic acids is 2. The second-order valence-electron chi connectivity index (χ2n) is 7.29. The lowest BCUT2D eigenvalue weighted by Crippen LogP contribution is -2.22. The highest BCUT2D eigenvalue weighted by Crippen LogP contribution is 2.35. The van der Waals surface area contributed by atoms with Gasteiger partial charge in [-0.15, -0.1) is 11.3 Å². The standard InChI is InChI=1S/C22H23N3O6S/c1-28-16-10-14(15(11-17(16)29-2)23-21(26)13-6-3-4-7-13)22(27)30-12-19-24-20(25-31-19)18-8-5-9-32-18/h5,8-11,13H,3-4,6-7,12H2,1-2H3,(H,23,26). The Hall–Kier alpha value is -3.40. The summed E-state index contributed by atoms with van der Waals surface area (Å²) in [6.07, 6.45) is 3.72. The highest BCUT2D eigenvalue weighted by atomic mass is 32.1. The molecule has 10 heteroatoms. The van der Waals surface area contributed by atoms with E-state index in [1.54, 1.807) is 6.07 Å².